The molecule has 0 aliphatic heterocycles. The number of methoxy groups -OCH3 is 1. The molecule has 3 aromatic rings. The Hall–Kier alpha value is -2.95. The van der Waals surface area contributed by atoms with Crippen molar-refractivity contribution in [1.29, 1.82) is 0 Å². The van der Waals surface area contributed by atoms with Gasteiger partial charge in [0.05, 0.1) is 18.1 Å². The molecule has 1 aromatic heterocycles. The van der Waals surface area contributed by atoms with Gasteiger partial charge in [-0.1, -0.05) is 12.1 Å². The van der Waals surface area contributed by atoms with Crippen LogP contribution < -0.4 is 10.2 Å². The zero-order chi connectivity index (χ0) is 15.7. The Labute approximate surface area is 124 Å². The molecule has 0 aliphatic rings. The molecule has 2 aromatic carbocycles. The molecule has 4 nitrogen and oxygen atoms in total. The highest BCUT2D eigenvalue weighted by atomic mass is 19.1. The lowest BCUT2D eigenvalue weighted by atomic mass is 10.0. The highest BCUT2D eigenvalue weighted by Gasteiger charge is 2.19. The predicted octanol–water partition coefficient (Wildman–Crippen LogP) is 3.17. The van der Waals surface area contributed by atoms with E-state index in [2.05, 4.69) is 0 Å². The minimum atomic E-state index is -0.704. The Morgan fingerprint density at radius 1 is 1.14 bits per heavy atom. The van der Waals surface area contributed by atoms with Gasteiger partial charge in [0.1, 0.15) is 29.0 Å². The maximum Gasteiger partial charge on any atom is 0.203 e. The van der Waals surface area contributed by atoms with Gasteiger partial charge >= 0.3 is 0 Å². The van der Waals surface area contributed by atoms with Gasteiger partial charge in [0.15, 0.2) is 0 Å². The zero-order valence-electron chi connectivity index (χ0n) is 11.6. The maximum atomic E-state index is 13.7. The molecule has 0 fully saturated rings. The van der Waals surface area contributed by atoms with Crippen molar-refractivity contribution in [3.05, 3.63) is 75.9 Å². The third kappa shape index (κ3) is 2.26. The number of fused-ring (bicyclic) bond motifs is 1. The lowest BCUT2D eigenvalue weighted by Gasteiger charge is -2.04. The molecular formula is C17H11FO4. The van der Waals surface area contributed by atoms with Crippen molar-refractivity contribution in [1.82, 2.24) is 0 Å². The van der Waals surface area contributed by atoms with Crippen molar-refractivity contribution >= 4 is 16.8 Å². The van der Waals surface area contributed by atoms with Gasteiger partial charge in [-0.05, 0) is 24.3 Å². The summed E-state index contributed by atoms with van der Waals surface area (Å²) in [5.41, 5.74) is -0.572. The second-order valence-corrected chi connectivity index (χ2v) is 4.65. The summed E-state index contributed by atoms with van der Waals surface area (Å²) in [6, 6.07) is 10.2. The highest BCUT2D eigenvalue weighted by Crippen LogP contribution is 2.20. The van der Waals surface area contributed by atoms with E-state index in [1.807, 2.05) is 0 Å². The molecular weight excluding hydrogens is 287 g/mol. The Kier molecular flexibility index (Phi) is 3.47. The molecule has 0 bridgehead atoms. The third-order valence-corrected chi connectivity index (χ3v) is 3.34. The van der Waals surface area contributed by atoms with Crippen molar-refractivity contribution in [2.45, 2.75) is 0 Å². The van der Waals surface area contributed by atoms with E-state index in [1.165, 1.54) is 37.4 Å². The monoisotopic (exact) mass is 298 g/mol. The van der Waals surface area contributed by atoms with Crippen molar-refractivity contribution in [2.24, 2.45) is 0 Å². The molecule has 0 saturated carbocycles. The van der Waals surface area contributed by atoms with Crippen molar-refractivity contribution in [3.8, 4) is 5.75 Å². The Bertz CT molecular complexity index is 927. The van der Waals surface area contributed by atoms with E-state index >= 15 is 0 Å². The topological polar surface area (TPSA) is 56.5 Å². The molecule has 5 heteroatoms. The van der Waals surface area contributed by atoms with Crippen LogP contribution in [0.4, 0.5) is 4.39 Å². The SMILES string of the molecule is COc1ccc2c(=O)c(C(=O)c3ccccc3F)coc2c1. The molecule has 0 saturated heterocycles. The number of ketones is 1. The minimum absolute atomic E-state index is 0.164. The second-order valence-electron chi connectivity index (χ2n) is 4.65. The summed E-state index contributed by atoms with van der Waals surface area (Å²) in [5.74, 6) is -0.852. The van der Waals surface area contributed by atoms with Crippen LogP contribution in [0.5, 0.6) is 5.75 Å². The number of hydrogen-bond donors (Lipinski definition) is 0. The number of rotatable bonds is 3. The lowest BCUT2D eigenvalue weighted by molar-refractivity contribution is 0.103. The fourth-order valence-electron chi connectivity index (χ4n) is 2.18. The Morgan fingerprint density at radius 2 is 1.91 bits per heavy atom. The number of halogens is 1. The molecule has 0 aliphatic carbocycles. The van der Waals surface area contributed by atoms with Gasteiger partial charge in [0.25, 0.3) is 0 Å². The predicted molar refractivity (Wildman–Crippen MR) is 78.9 cm³/mol. The van der Waals surface area contributed by atoms with Crippen LogP contribution in [-0.4, -0.2) is 12.9 Å². The minimum Gasteiger partial charge on any atom is -0.497 e. The van der Waals surface area contributed by atoms with Gasteiger partial charge in [-0.25, -0.2) is 4.39 Å². The smallest absolute Gasteiger partial charge is 0.203 e. The first-order valence-corrected chi connectivity index (χ1v) is 6.50. The summed E-state index contributed by atoms with van der Waals surface area (Å²) < 4.78 is 24.1. The van der Waals surface area contributed by atoms with E-state index in [4.69, 9.17) is 9.15 Å². The summed E-state index contributed by atoms with van der Waals surface area (Å²) in [6.45, 7) is 0. The van der Waals surface area contributed by atoms with Gasteiger partial charge in [-0.2, -0.15) is 0 Å². The number of benzene rings is 2. The van der Waals surface area contributed by atoms with Gasteiger partial charge < -0.3 is 9.15 Å². The molecule has 0 unspecified atom stereocenters. The van der Waals surface area contributed by atoms with E-state index < -0.39 is 17.0 Å². The maximum absolute atomic E-state index is 13.7. The molecule has 0 amide bonds. The van der Waals surface area contributed by atoms with Crippen LogP contribution in [0.1, 0.15) is 15.9 Å². The Morgan fingerprint density at radius 3 is 2.64 bits per heavy atom. The van der Waals surface area contributed by atoms with Crippen LogP contribution in [0.3, 0.4) is 0 Å². The average molecular weight is 298 g/mol. The molecule has 0 radical (unpaired) electrons. The number of carbonyl (C=O) groups excluding carboxylic acids is 1. The van der Waals surface area contributed by atoms with Crippen LogP contribution in [-0.2, 0) is 0 Å². The quantitative estimate of drug-likeness (QED) is 0.697. The number of ether oxygens (including phenoxy) is 1. The van der Waals surface area contributed by atoms with Gasteiger partial charge in [0.2, 0.25) is 11.2 Å². The molecule has 0 atom stereocenters. The first-order chi connectivity index (χ1) is 10.6. The Balaban J connectivity index is 2.16. The summed E-state index contributed by atoms with van der Waals surface area (Å²) in [6.07, 6.45) is 1.05. The fourth-order valence-corrected chi connectivity index (χ4v) is 2.18. The molecule has 0 spiro atoms. The van der Waals surface area contributed by atoms with E-state index in [1.54, 1.807) is 12.1 Å². The summed E-state index contributed by atoms with van der Waals surface area (Å²) >= 11 is 0. The highest BCUT2D eigenvalue weighted by molar-refractivity contribution is 6.09. The van der Waals surface area contributed by atoms with E-state index in [0.29, 0.717) is 11.3 Å². The van der Waals surface area contributed by atoms with E-state index in [-0.39, 0.29) is 16.5 Å². The zero-order valence-corrected chi connectivity index (χ0v) is 11.6. The standard InChI is InChI=1S/C17H11FO4/c1-21-10-6-7-12-15(8-10)22-9-13(17(12)20)16(19)11-4-2-3-5-14(11)18/h2-9H,1H3. The van der Waals surface area contributed by atoms with Crippen LogP contribution in [0, 0.1) is 5.82 Å². The van der Waals surface area contributed by atoms with E-state index in [0.717, 1.165) is 6.26 Å². The average Bonchev–Trinajstić information content (AvgIpc) is 2.54. The first kappa shape index (κ1) is 14.0. The summed E-state index contributed by atoms with van der Waals surface area (Å²) in [4.78, 5) is 24.7. The van der Waals surface area contributed by atoms with Crippen molar-refractivity contribution < 1.29 is 18.3 Å². The molecule has 22 heavy (non-hydrogen) atoms. The van der Waals surface area contributed by atoms with Crippen molar-refractivity contribution in [2.75, 3.05) is 7.11 Å². The van der Waals surface area contributed by atoms with Gasteiger partial charge in [-0.15, -0.1) is 0 Å². The van der Waals surface area contributed by atoms with Gasteiger partial charge in [0, 0.05) is 6.07 Å². The molecule has 0 N–H and O–H groups in total. The van der Waals surface area contributed by atoms with Crippen LogP contribution in [0.15, 0.2) is 57.9 Å². The van der Waals surface area contributed by atoms with E-state index in [9.17, 15) is 14.0 Å². The lowest BCUT2D eigenvalue weighted by Crippen LogP contribution is -2.16. The summed E-state index contributed by atoms with van der Waals surface area (Å²) in [7, 11) is 1.50. The summed E-state index contributed by atoms with van der Waals surface area (Å²) in [5, 5.41) is 0.239. The largest absolute Gasteiger partial charge is 0.497 e. The number of carbonyl (C=O) groups is 1. The normalized spacial score (nSPS) is 10.6. The second kappa shape index (κ2) is 5.44. The third-order valence-electron chi connectivity index (χ3n) is 3.34. The fraction of sp³-hybridized carbons (Fsp3) is 0.0588. The van der Waals surface area contributed by atoms with Gasteiger partial charge in [-0.3, -0.25) is 9.59 Å². The van der Waals surface area contributed by atoms with Crippen LogP contribution in [0.2, 0.25) is 0 Å². The first-order valence-electron chi connectivity index (χ1n) is 6.50. The van der Waals surface area contributed by atoms with Crippen LogP contribution in [0.25, 0.3) is 11.0 Å². The van der Waals surface area contributed by atoms with Crippen molar-refractivity contribution in [3.63, 3.8) is 0 Å². The molecule has 3 rings (SSSR count). The number of hydrogen-bond acceptors (Lipinski definition) is 4. The molecule has 110 valence electrons. The molecule has 1 heterocycles. The van der Waals surface area contributed by atoms with Crippen LogP contribution >= 0.6 is 0 Å².